The van der Waals surface area contributed by atoms with Crippen molar-refractivity contribution in [3.05, 3.63) is 0 Å². The first-order chi connectivity index (χ1) is 9.43. The summed E-state index contributed by atoms with van der Waals surface area (Å²) in [7, 11) is 0. The second-order valence-corrected chi connectivity index (χ2v) is 7.35. The number of aliphatic hydroxyl groups excluding tert-OH is 1. The number of aliphatic hydroxyl groups is 1. The molecule has 0 aromatic rings. The third-order valence-electron chi connectivity index (χ3n) is 5.57. The van der Waals surface area contributed by atoms with Crippen molar-refractivity contribution in [2.24, 2.45) is 5.92 Å². The predicted octanol–water partition coefficient (Wildman–Crippen LogP) is 2.28. The van der Waals surface area contributed by atoms with Gasteiger partial charge in [0.15, 0.2) is 0 Å². The molecular formula is C16H28O4. The van der Waals surface area contributed by atoms with Gasteiger partial charge in [-0.15, -0.1) is 0 Å². The van der Waals surface area contributed by atoms with Crippen LogP contribution in [0.2, 0.25) is 0 Å². The summed E-state index contributed by atoms with van der Waals surface area (Å²) in [5.74, 6) is 0.541. The summed E-state index contributed by atoms with van der Waals surface area (Å²) in [4.78, 5) is 0. The molecule has 3 heterocycles. The molecule has 116 valence electrons. The monoisotopic (exact) mass is 284 g/mol. The van der Waals surface area contributed by atoms with Gasteiger partial charge in [0.1, 0.15) is 0 Å². The first-order valence-corrected chi connectivity index (χ1v) is 8.05. The number of ether oxygens (including phenoxy) is 3. The molecule has 0 aromatic heterocycles. The van der Waals surface area contributed by atoms with Crippen LogP contribution in [0.4, 0.5) is 0 Å². The zero-order chi connectivity index (χ0) is 14.4. The Morgan fingerprint density at radius 3 is 2.70 bits per heavy atom. The molecule has 1 N–H and O–H groups in total. The summed E-state index contributed by atoms with van der Waals surface area (Å²) in [6.45, 7) is 7.77. The van der Waals surface area contributed by atoms with E-state index in [4.69, 9.17) is 14.2 Å². The van der Waals surface area contributed by atoms with Gasteiger partial charge in [-0.25, -0.2) is 0 Å². The Kier molecular flexibility index (Phi) is 3.87. The van der Waals surface area contributed by atoms with Crippen LogP contribution in [-0.2, 0) is 14.2 Å². The van der Waals surface area contributed by atoms with E-state index in [1.54, 1.807) is 0 Å². The van der Waals surface area contributed by atoms with E-state index < -0.39 is 0 Å². The highest BCUT2D eigenvalue weighted by Crippen LogP contribution is 2.55. The molecule has 4 nitrogen and oxygen atoms in total. The summed E-state index contributed by atoms with van der Waals surface area (Å²) in [6, 6.07) is 0. The molecule has 20 heavy (non-hydrogen) atoms. The molecule has 0 aromatic carbocycles. The van der Waals surface area contributed by atoms with Gasteiger partial charge in [-0.2, -0.15) is 0 Å². The number of hydrogen-bond donors (Lipinski definition) is 1. The average molecular weight is 284 g/mol. The lowest BCUT2D eigenvalue weighted by molar-refractivity contribution is -0.126. The van der Waals surface area contributed by atoms with E-state index in [1.807, 2.05) is 0 Å². The quantitative estimate of drug-likeness (QED) is 0.860. The van der Waals surface area contributed by atoms with Gasteiger partial charge in [-0.05, 0) is 38.5 Å². The van der Waals surface area contributed by atoms with Crippen molar-refractivity contribution in [1.82, 2.24) is 0 Å². The first-order valence-electron chi connectivity index (χ1n) is 8.05. The zero-order valence-corrected chi connectivity index (χ0v) is 12.9. The van der Waals surface area contributed by atoms with E-state index in [9.17, 15) is 5.11 Å². The normalized spacial score (nSPS) is 48.1. The maximum absolute atomic E-state index is 9.44. The minimum atomic E-state index is -0.293. The van der Waals surface area contributed by atoms with Crippen LogP contribution in [0.5, 0.6) is 0 Å². The second kappa shape index (κ2) is 5.24. The highest BCUT2D eigenvalue weighted by Gasteiger charge is 2.60. The first kappa shape index (κ1) is 14.8. The Hall–Kier alpha value is -0.160. The molecule has 3 fully saturated rings. The van der Waals surface area contributed by atoms with Gasteiger partial charge in [0, 0.05) is 6.42 Å². The third-order valence-corrected chi connectivity index (χ3v) is 5.57. The minimum Gasteiger partial charge on any atom is -0.391 e. The van der Waals surface area contributed by atoms with Gasteiger partial charge in [-0.1, -0.05) is 13.8 Å². The van der Waals surface area contributed by atoms with E-state index in [0.717, 1.165) is 32.1 Å². The molecule has 5 unspecified atom stereocenters. The van der Waals surface area contributed by atoms with Crippen molar-refractivity contribution in [1.29, 1.82) is 0 Å². The molecule has 0 aliphatic carbocycles. The van der Waals surface area contributed by atoms with Gasteiger partial charge < -0.3 is 19.3 Å². The molecule has 4 heteroatoms. The van der Waals surface area contributed by atoms with Crippen molar-refractivity contribution in [3.8, 4) is 0 Å². The topological polar surface area (TPSA) is 47.9 Å². The molecule has 0 radical (unpaired) electrons. The molecule has 3 saturated heterocycles. The molecule has 0 amide bonds. The van der Waals surface area contributed by atoms with Crippen molar-refractivity contribution < 1.29 is 19.3 Å². The molecule has 3 aliphatic rings. The van der Waals surface area contributed by atoms with E-state index >= 15 is 0 Å². The lowest BCUT2D eigenvalue weighted by Crippen LogP contribution is -2.41. The van der Waals surface area contributed by atoms with Crippen LogP contribution in [0.25, 0.3) is 0 Å². The molecule has 0 spiro atoms. The molecule has 3 rings (SSSR count). The Morgan fingerprint density at radius 2 is 2.10 bits per heavy atom. The molecule has 2 bridgehead atoms. The van der Waals surface area contributed by atoms with Crippen molar-refractivity contribution in [2.45, 2.75) is 82.4 Å². The summed E-state index contributed by atoms with van der Waals surface area (Å²) in [6.07, 6.45) is 5.01. The lowest BCUT2D eigenvalue weighted by atomic mass is 9.75. The van der Waals surface area contributed by atoms with E-state index in [0.29, 0.717) is 19.1 Å². The molecule has 3 aliphatic heterocycles. The van der Waals surface area contributed by atoms with E-state index in [1.165, 1.54) is 0 Å². The Balaban J connectivity index is 1.54. The van der Waals surface area contributed by atoms with Crippen LogP contribution >= 0.6 is 0 Å². The highest BCUT2D eigenvalue weighted by atomic mass is 16.6. The Labute approximate surface area is 121 Å². The Bertz CT molecular complexity index is 350. The van der Waals surface area contributed by atoms with Crippen molar-refractivity contribution in [2.75, 3.05) is 13.2 Å². The summed E-state index contributed by atoms with van der Waals surface area (Å²) in [5, 5.41) is 9.44. The fraction of sp³-hybridized carbons (Fsp3) is 1.00. The minimum absolute atomic E-state index is 0.0308. The standard InChI is InChI=1S/C16H28O4/c1-11(2)16-7-6-15(3,20-16)14(8-16)19-10-13-5-4-12(17)9-18-13/h11-14,17H,4-10H2,1-3H3. The predicted molar refractivity (Wildman–Crippen MR) is 75.6 cm³/mol. The summed E-state index contributed by atoms with van der Waals surface area (Å²) >= 11 is 0. The van der Waals surface area contributed by atoms with Crippen LogP contribution in [0, 0.1) is 5.92 Å². The van der Waals surface area contributed by atoms with Crippen LogP contribution in [0.1, 0.15) is 52.9 Å². The van der Waals surface area contributed by atoms with Gasteiger partial charge in [-0.3, -0.25) is 0 Å². The number of fused-ring (bicyclic) bond motifs is 2. The van der Waals surface area contributed by atoms with Gasteiger partial charge in [0.2, 0.25) is 0 Å². The fourth-order valence-electron chi connectivity index (χ4n) is 3.95. The number of rotatable bonds is 4. The fourth-order valence-corrected chi connectivity index (χ4v) is 3.95. The summed E-state index contributed by atoms with van der Waals surface area (Å²) in [5.41, 5.74) is -0.0819. The SMILES string of the molecule is CC(C)C12CCC(C)(O1)C(OCC1CCC(O)CO1)C2. The average Bonchev–Trinajstić information content (AvgIpc) is 2.90. The van der Waals surface area contributed by atoms with E-state index in [-0.39, 0.29) is 29.5 Å². The Morgan fingerprint density at radius 1 is 1.30 bits per heavy atom. The van der Waals surface area contributed by atoms with Crippen LogP contribution in [0.15, 0.2) is 0 Å². The maximum Gasteiger partial charge on any atom is 0.0924 e. The summed E-state index contributed by atoms with van der Waals surface area (Å²) < 4.78 is 18.2. The molecular weight excluding hydrogens is 256 g/mol. The van der Waals surface area contributed by atoms with Crippen LogP contribution in [-0.4, -0.2) is 47.8 Å². The molecule has 0 saturated carbocycles. The smallest absolute Gasteiger partial charge is 0.0924 e. The van der Waals surface area contributed by atoms with Gasteiger partial charge in [0.05, 0.1) is 42.7 Å². The van der Waals surface area contributed by atoms with Crippen molar-refractivity contribution >= 4 is 0 Å². The van der Waals surface area contributed by atoms with E-state index in [2.05, 4.69) is 20.8 Å². The third kappa shape index (κ3) is 2.52. The lowest BCUT2D eigenvalue weighted by Gasteiger charge is -2.33. The van der Waals surface area contributed by atoms with Crippen molar-refractivity contribution in [3.63, 3.8) is 0 Å². The van der Waals surface area contributed by atoms with Crippen LogP contribution < -0.4 is 0 Å². The second-order valence-electron chi connectivity index (χ2n) is 7.35. The zero-order valence-electron chi connectivity index (χ0n) is 12.9. The molecule has 5 atom stereocenters. The van der Waals surface area contributed by atoms with Gasteiger partial charge in [0.25, 0.3) is 0 Å². The van der Waals surface area contributed by atoms with Gasteiger partial charge >= 0.3 is 0 Å². The highest BCUT2D eigenvalue weighted by molar-refractivity contribution is 5.10. The number of hydrogen-bond acceptors (Lipinski definition) is 4. The largest absolute Gasteiger partial charge is 0.391 e. The maximum atomic E-state index is 9.44. The van der Waals surface area contributed by atoms with Crippen LogP contribution in [0.3, 0.4) is 0 Å².